The first-order valence-electron chi connectivity index (χ1n) is 6.27. The average molecular weight is 319 g/mol. The molecule has 20 heavy (non-hydrogen) atoms. The quantitative estimate of drug-likeness (QED) is 0.761. The summed E-state index contributed by atoms with van der Waals surface area (Å²) in [6.45, 7) is 1.67. The SMILES string of the molecule is CCC(CSC)NS(=O)(=O)c1ccc(OC)c(CO)c1. The number of sulfonamides is 1. The molecule has 0 bridgehead atoms. The van der Waals surface area contributed by atoms with Crippen LogP contribution in [0.2, 0.25) is 0 Å². The first kappa shape index (κ1) is 17.3. The lowest BCUT2D eigenvalue weighted by Crippen LogP contribution is -2.36. The Morgan fingerprint density at radius 1 is 1.45 bits per heavy atom. The molecule has 7 heteroatoms. The van der Waals surface area contributed by atoms with Crippen LogP contribution in [0, 0.1) is 0 Å². The molecule has 0 spiro atoms. The topological polar surface area (TPSA) is 75.6 Å². The number of hydrogen-bond acceptors (Lipinski definition) is 5. The van der Waals surface area contributed by atoms with E-state index in [0.717, 1.165) is 12.2 Å². The van der Waals surface area contributed by atoms with Crippen LogP contribution >= 0.6 is 11.8 Å². The zero-order chi connectivity index (χ0) is 15.2. The Balaban J connectivity index is 3.03. The molecule has 0 fully saturated rings. The fourth-order valence-corrected chi connectivity index (χ4v) is 3.97. The maximum absolute atomic E-state index is 12.3. The molecule has 0 aliphatic heterocycles. The van der Waals surface area contributed by atoms with Crippen molar-refractivity contribution in [2.45, 2.75) is 30.9 Å². The largest absolute Gasteiger partial charge is 0.496 e. The summed E-state index contributed by atoms with van der Waals surface area (Å²) >= 11 is 1.60. The van der Waals surface area contributed by atoms with Gasteiger partial charge in [0.2, 0.25) is 10.0 Å². The Labute approximate surface area is 124 Å². The fourth-order valence-electron chi connectivity index (χ4n) is 1.77. The zero-order valence-corrected chi connectivity index (χ0v) is 13.6. The zero-order valence-electron chi connectivity index (χ0n) is 11.9. The van der Waals surface area contributed by atoms with Crippen LogP contribution in [0.5, 0.6) is 5.75 Å². The molecule has 2 N–H and O–H groups in total. The Hall–Kier alpha value is -0.760. The molecule has 114 valence electrons. The maximum Gasteiger partial charge on any atom is 0.240 e. The lowest BCUT2D eigenvalue weighted by Gasteiger charge is -2.16. The van der Waals surface area contributed by atoms with Crippen LogP contribution in [0.4, 0.5) is 0 Å². The molecular formula is C13H21NO4S2. The van der Waals surface area contributed by atoms with E-state index in [1.54, 1.807) is 17.8 Å². The summed E-state index contributed by atoms with van der Waals surface area (Å²) in [6.07, 6.45) is 2.66. The molecule has 1 rings (SSSR count). The van der Waals surface area contributed by atoms with Crippen molar-refractivity contribution in [3.63, 3.8) is 0 Å². The molecular weight excluding hydrogens is 298 g/mol. The highest BCUT2D eigenvalue weighted by Crippen LogP contribution is 2.22. The second-order valence-corrected chi connectivity index (χ2v) is 6.94. The van der Waals surface area contributed by atoms with E-state index in [1.165, 1.54) is 19.2 Å². The molecule has 0 saturated carbocycles. The van der Waals surface area contributed by atoms with Crippen molar-refractivity contribution in [3.8, 4) is 5.75 Å². The minimum atomic E-state index is -3.58. The summed E-state index contributed by atoms with van der Waals surface area (Å²) in [7, 11) is -2.10. The molecule has 0 aliphatic rings. The van der Waals surface area contributed by atoms with E-state index in [0.29, 0.717) is 11.3 Å². The van der Waals surface area contributed by atoms with E-state index in [2.05, 4.69) is 4.72 Å². The van der Waals surface area contributed by atoms with E-state index in [4.69, 9.17) is 4.74 Å². The number of hydrogen-bond donors (Lipinski definition) is 2. The van der Waals surface area contributed by atoms with Crippen molar-refractivity contribution in [2.75, 3.05) is 19.1 Å². The molecule has 0 heterocycles. The van der Waals surface area contributed by atoms with Crippen LogP contribution in [-0.2, 0) is 16.6 Å². The average Bonchev–Trinajstić information content (AvgIpc) is 2.45. The first-order chi connectivity index (χ1) is 9.48. The van der Waals surface area contributed by atoms with E-state index in [1.807, 2.05) is 13.2 Å². The number of aliphatic hydroxyl groups excluding tert-OH is 1. The van der Waals surface area contributed by atoms with E-state index in [9.17, 15) is 13.5 Å². The standard InChI is InChI=1S/C13H21NO4S2/c1-4-11(9-19-3)14-20(16,17)12-5-6-13(18-2)10(7-12)8-15/h5-7,11,14-15H,4,8-9H2,1-3H3. The minimum Gasteiger partial charge on any atom is -0.496 e. The van der Waals surface area contributed by atoms with Gasteiger partial charge in [0.25, 0.3) is 0 Å². The number of methoxy groups -OCH3 is 1. The Morgan fingerprint density at radius 3 is 2.65 bits per heavy atom. The van der Waals surface area contributed by atoms with Crippen LogP contribution in [0.3, 0.4) is 0 Å². The smallest absolute Gasteiger partial charge is 0.240 e. The highest BCUT2D eigenvalue weighted by Gasteiger charge is 2.20. The Kier molecular flexibility index (Phi) is 6.81. The van der Waals surface area contributed by atoms with Gasteiger partial charge < -0.3 is 9.84 Å². The summed E-state index contributed by atoms with van der Waals surface area (Å²) < 4.78 is 32.3. The molecule has 1 atom stereocenters. The van der Waals surface area contributed by atoms with Crippen molar-refractivity contribution < 1.29 is 18.3 Å². The molecule has 0 aromatic heterocycles. The summed E-state index contributed by atoms with van der Waals surface area (Å²) in [4.78, 5) is 0.141. The van der Waals surface area contributed by atoms with Gasteiger partial charge in [-0.25, -0.2) is 13.1 Å². The van der Waals surface area contributed by atoms with E-state index in [-0.39, 0.29) is 17.5 Å². The van der Waals surface area contributed by atoms with E-state index < -0.39 is 10.0 Å². The van der Waals surface area contributed by atoms with Crippen LogP contribution in [0.1, 0.15) is 18.9 Å². The van der Waals surface area contributed by atoms with Crippen molar-refractivity contribution in [1.29, 1.82) is 0 Å². The molecule has 0 amide bonds. The third-order valence-corrected chi connectivity index (χ3v) is 5.17. The number of aliphatic hydroxyl groups is 1. The van der Waals surface area contributed by atoms with Gasteiger partial charge in [-0.1, -0.05) is 6.92 Å². The van der Waals surface area contributed by atoms with Gasteiger partial charge in [0.1, 0.15) is 5.75 Å². The van der Waals surface area contributed by atoms with Crippen LogP contribution < -0.4 is 9.46 Å². The minimum absolute atomic E-state index is 0.102. The highest BCUT2D eigenvalue weighted by atomic mass is 32.2. The van der Waals surface area contributed by atoms with Gasteiger partial charge in [0.05, 0.1) is 18.6 Å². The normalized spacial score (nSPS) is 13.2. The monoisotopic (exact) mass is 319 g/mol. The molecule has 1 aromatic carbocycles. The van der Waals surface area contributed by atoms with Crippen LogP contribution in [0.25, 0.3) is 0 Å². The molecule has 0 saturated heterocycles. The molecule has 0 aliphatic carbocycles. The molecule has 0 radical (unpaired) electrons. The summed E-state index contributed by atoms with van der Waals surface area (Å²) in [5, 5.41) is 9.25. The van der Waals surface area contributed by atoms with Gasteiger partial charge in [-0.15, -0.1) is 0 Å². The van der Waals surface area contributed by atoms with Crippen LogP contribution in [-0.4, -0.2) is 38.7 Å². The van der Waals surface area contributed by atoms with Crippen molar-refractivity contribution in [1.82, 2.24) is 4.72 Å². The van der Waals surface area contributed by atoms with E-state index >= 15 is 0 Å². The highest BCUT2D eigenvalue weighted by molar-refractivity contribution is 7.98. The number of thioether (sulfide) groups is 1. The second-order valence-electron chi connectivity index (χ2n) is 4.31. The Morgan fingerprint density at radius 2 is 2.15 bits per heavy atom. The van der Waals surface area contributed by atoms with Gasteiger partial charge in [-0.2, -0.15) is 11.8 Å². The number of rotatable bonds is 8. The molecule has 1 unspecified atom stereocenters. The lowest BCUT2D eigenvalue weighted by molar-refractivity contribution is 0.273. The van der Waals surface area contributed by atoms with Gasteiger partial charge in [0, 0.05) is 17.4 Å². The van der Waals surface area contributed by atoms with Crippen molar-refractivity contribution in [2.24, 2.45) is 0 Å². The predicted molar refractivity (Wildman–Crippen MR) is 81.7 cm³/mol. The van der Waals surface area contributed by atoms with Gasteiger partial charge in [-0.05, 0) is 30.9 Å². The van der Waals surface area contributed by atoms with Gasteiger partial charge >= 0.3 is 0 Å². The summed E-state index contributed by atoms with van der Waals surface area (Å²) in [6, 6.07) is 4.36. The number of benzene rings is 1. The summed E-state index contributed by atoms with van der Waals surface area (Å²) in [5.41, 5.74) is 0.452. The van der Waals surface area contributed by atoms with Gasteiger partial charge in [-0.3, -0.25) is 0 Å². The van der Waals surface area contributed by atoms with Crippen molar-refractivity contribution in [3.05, 3.63) is 23.8 Å². The molecule has 1 aromatic rings. The lowest BCUT2D eigenvalue weighted by atomic mass is 10.2. The van der Waals surface area contributed by atoms with Crippen molar-refractivity contribution >= 4 is 21.8 Å². The number of ether oxygens (including phenoxy) is 1. The predicted octanol–water partition coefficient (Wildman–Crippen LogP) is 1.61. The molecule has 5 nitrogen and oxygen atoms in total. The maximum atomic E-state index is 12.3. The summed E-state index contributed by atoms with van der Waals surface area (Å²) in [5.74, 6) is 1.20. The third-order valence-electron chi connectivity index (χ3n) is 2.91. The first-order valence-corrected chi connectivity index (χ1v) is 9.15. The third kappa shape index (κ3) is 4.37. The van der Waals surface area contributed by atoms with Crippen LogP contribution in [0.15, 0.2) is 23.1 Å². The second kappa shape index (κ2) is 7.87. The van der Waals surface area contributed by atoms with Gasteiger partial charge in [0.15, 0.2) is 0 Å². The number of nitrogens with one attached hydrogen (secondary N) is 1. The fraction of sp³-hybridized carbons (Fsp3) is 0.538. The Bertz CT molecular complexity index is 531.